The molecule has 1 aromatic carbocycles. The summed E-state index contributed by atoms with van der Waals surface area (Å²) in [6.07, 6.45) is 0.190. The van der Waals surface area contributed by atoms with Gasteiger partial charge in [-0.15, -0.1) is 0 Å². The summed E-state index contributed by atoms with van der Waals surface area (Å²) in [7, 11) is 6.41. The van der Waals surface area contributed by atoms with E-state index in [1.807, 2.05) is 0 Å². The van der Waals surface area contributed by atoms with Gasteiger partial charge in [0.05, 0.1) is 25.7 Å². The molecule has 5 heteroatoms. The van der Waals surface area contributed by atoms with E-state index in [1.54, 1.807) is 33.3 Å². The van der Waals surface area contributed by atoms with Gasteiger partial charge in [0, 0.05) is 26.6 Å². The topological polar surface area (TPSA) is 55.8 Å². The van der Waals surface area contributed by atoms with Gasteiger partial charge in [0.2, 0.25) is 5.91 Å². The SMILES string of the molecule is COc1cc(OC)c2c(c1)C(C(=O)N(C)C)CC2=O. The molecule has 2 rings (SSSR count). The van der Waals surface area contributed by atoms with Crippen molar-refractivity contribution in [2.24, 2.45) is 0 Å². The van der Waals surface area contributed by atoms with Crippen molar-refractivity contribution < 1.29 is 19.1 Å². The van der Waals surface area contributed by atoms with Crippen molar-refractivity contribution in [3.05, 3.63) is 23.3 Å². The van der Waals surface area contributed by atoms with Crippen LogP contribution in [0.15, 0.2) is 12.1 Å². The van der Waals surface area contributed by atoms with Gasteiger partial charge in [0.15, 0.2) is 5.78 Å². The summed E-state index contributed by atoms with van der Waals surface area (Å²) >= 11 is 0. The first-order chi connectivity index (χ1) is 8.99. The number of amides is 1. The van der Waals surface area contributed by atoms with Gasteiger partial charge in [-0.1, -0.05) is 0 Å². The van der Waals surface area contributed by atoms with Gasteiger partial charge in [0.25, 0.3) is 0 Å². The first-order valence-electron chi connectivity index (χ1n) is 5.99. The maximum atomic E-state index is 12.1. The lowest BCUT2D eigenvalue weighted by molar-refractivity contribution is -0.130. The number of methoxy groups -OCH3 is 2. The number of carbonyl (C=O) groups is 2. The Kier molecular flexibility index (Phi) is 3.46. The first kappa shape index (κ1) is 13.4. The number of Topliss-reactive ketones (excluding diaryl/α,β-unsaturated/α-hetero) is 1. The summed E-state index contributed by atoms with van der Waals surface area (Å²) < 4.78 is 10.4. The highest BCUT2D eigenvalue weighted by Gasteiger charge is 2.37. The van der Waals surface area contributed by atoms with E-state index in [-0.39, 0.29) is 18.1 Å². The monoisotopic (exact) mass is 263 g/mol. The number of likely N-dealkylation sites (N-methyl/N-ethyl adjacent to an activating group) is 1. The summed E-state index contributed by atoms with van der Waals surface area (Å²) in [6, 6.07) is 3.41. The van der Waals surface area contributed by atoms with Crippen LogP contribution in [-0.4, -0.2) is 44.9 Å². The molecule has 1 aliphatic carbocycles. The van der Waals surface area contributed by atoms with E-state index < -0.39 is 5.92 Å². The van der Waals surface area contributed by atoms with Crippen molar-refractivity contribution in [1.29, 1.82) is 0 Å². The normalized spacial score (nSPS) is 17.1. The second-order valence-corrected chi connectivity index (χ2v) is 4.71. The van der Waals surface area contributed by atoms with E-state index in [1.165, 1.54) is 12.0 Å². The highest BCUT2D eigenvalue weighted by atomic mass is 16.5. The number of hydrogen-bond donors (Lipinski definition) is 0. The second kappa shape index (κ2) is 4.91. The molecule has 1 atom stereocenters. The molecule has 19 heavy (non-hydrogen) atoms. The first-order valence-corrected chi connectivity index (χ1v) is 5.99. The molecule has 0 radical (unpaired) electrons. The van der Waals surface area contributed by atoms with Crippen LogP contribution in [0.5, 0.6) is 11.5 Å². The van der Waals surface area contributed by atoms with Crippen molar-refractivity contribution in [2.75, 3.05) is 28.3 Å². The maximum Gasteiger partial charge on any atom is 0.230 e. The number of fused-ring (bicyclic) bond motifs is 1. The number of ether oxygens (including phenoxy) is 2. The highest BCUT2D eigenvalue weighted by Crippen LogP contribution is 2.41. The van der Waals surface area contributed by atoms with Crippen LogP contribution in [0.25, 0.3) is 0 Å². The molecule has 0 saturated carbocycles. The van der Waals surface area contributed by atoms with Crippen LogP contribution in [0.3, 0.4) is 0 Å². The molecule has 0 aliphatic heterocycles. The predicted molar refractivity (Wildman–Crippen MR) is 69.9 cm³/mol. The molecule has 1 amide bonds. The molecule has 0 saturated heterocycles. The summed E-state index contributed by atoms with van der Waals surface area (Å²) in [5, 5.41) is 0. The van der Waals surface area contributed by atoms with Crippen molar-refractivity contribution >= 4 is 11.7 Å². The van der Waals surface area contributed by atoms with Crippen LogP contribution in [0.4, 0.5) is 0 Å². The largest absolute Gasteiger partial charge is 0.497 e. The Morgan fingerprint density at radius 3 is 2.47 bits per heavy atom. The van der Waals surface area contributed by atoms with Crippen LogP contribution in [0.1, 0.15) is 28.3 Å². The zero-order valence-corrected chi connectivity index (χ0v) is 11.5. The molecular formula is C14H17NO4. The van der Waals surface area contributed by atoms with Gasteiger partial charge in [-0.25, -0.2) is 0 Å². The lowest BCUT2D eigenvalue weighted by Gasteiger charge is -2.17. The predicted octanol–water partition coefficient (Wildman–Crippen LogP) is 1.46. The van der Waals surface area contributed by atoms with E-state index in [0.29, 0.717) is 22.6 Å². The van der Waals surface area contributed by atoms with Gasteiger partial charge >= 0.3 is 0 Å². The van der Waals surface area contributed by atoms with Crippen molar-refractivity contribution in [1.82, 2.24) is 4.90 Å². The summed E-state index contributed by atoms with van der Waals surface area (Å²) in [5.74, 6) is 0.467. The van der Waals surface area contributed by atoms with E-state index in [2.05, 4.69) is 0 Å². The van der Waals surface area contributed by atoms with Gasteiger partial charge in [0.1, 0.15) is 11.5 Å². The maximum absolute atomic E-state index is 12.1. The van der Waals surface area contributed by atoms with Crippen LogP contribution in [0.2, 0.25) is 0 Å². The van der Waals surface area contributed by atoms with Crippen molar-refractivity contribution in [3.63, 3.8) is 0 Å². The minimum atomic E-state index is -0.443. The molecule has 1 aromatic rings. The van der Waals surface area contributed by atoms with Gasteiger partial charge in [-0.3, -0.25) is 9.59 Å². The summed E-state index contributed by atoms with van der Waals surface area (Å²) in [4.78, 5) is 25.7. The summed E-state index contributed by atoms with van der Waals surface area (Å²) in [6.45, 7) is 0. The van der Waals surface area contributed by atoms with Gasteiger partial charge in [-0.05, 0) is 11.6 Å². The fraction of sp³-hybridized carbons (Fsp3) is 0.429. The number of nitrogens with zero attached hydrogens (tertiary/aromatic N) is 1. The molecular weight excluding hydrogens is 246 g/mol. The van der Waals surface area contributed by atoms with Crippen LogP contribution in [0, 0.1) is 0 Å². The fourth-order valence-electron chi connectivity index (χ4n) is 2.39. The minimum Gasteiger partial charge on any atom is -0.497 e. The van der Waals surface area contributed by atoms with E-state index in [0.717, 1.165) is 0 Å². The Morgan fingerprint density at radius 1 is 1.26 bits per heavy atom. The molecule has 102 valence electrons. The Labute approximate surface area is 112 Å². The van der Waals surface area contributed by atoms with E-state index in [4.69, 9.17) is 9.47 Å². The molecule has 5 nitrogen and oxygen atoms in total. The van der Waals surface area contributed by atoms with Crippen molar-refractivity contribution in [2.45, 2.75) is 12.3 Å². The molecule has 0 bridgehead atoms. The van der Waals surface area contributed by atoms with Gasteiger partial charge in [-0.2, -0.15) is 0 Å². The zero-order chi connectivity index (χ0) is 14.2. The average molecular weight is 263 g/mol. The van der Waals surface area contributed by atoms with Crippen LogP contribution < -0.4 is 9.47 Å². The number of rotatable bonds is 3. The van der Waals surface area contributed by atoms with Crippen molar-refractivity contribution in [3.8, 4) is 11.5 Å². The lowest BCUT2D eigenvalue weighted by atomic mass is 9.99. The average Bonchev–Trinajstić information content (AvgIpc) is 2.74. The Morgan fingerprint density at radius 2 is 1.95 bits per heavy atom. The Bertz CT molecular complexity index is 536. The molecule has 0 aromatic heterocycles. The molecule has 1 unspecified atom stereocenters. The van der Waals surface area contributed by atoms with Crippen LogP contribution >= 0.6 is 0 Å². The number of benzene rings is 1. The Balaban J connectivity index is 2.56. The standard InChI is InChI=1S/C14H17NO4/c1-15(2)14(17)10-7-11(16)13-9(10)5-8(18-3)6-12(13)19-4/h5-6,10H,7H2,1-4H3. The molecule has 0 spiro atoms. The smallest absolute Gasteiger partial charge is 0.230 e. The Hall–Kier alpha value is -2.04. The molecule has 0 heterocycles. The third-order valence-corrected chi connectivity index (χ3v) is 3.34. The number of hydrogen-bond acceptors (Lipinski definition) is 4. The minimum absolute atomic E-state index is 0.0605. The number of carbonyl (C=O) groups excluding carboxylic acids is 2. The molecule has 1 aliphatic rings. The van der Waals surface area contributed by atoms with E-state index in [9.17, 15) is 9.59 Å². The third-order valence-electron chi connectivity index (χ3n) is 3.34. The van der Waals surface area contributed by atoms with Gasteiger partial charge < -0.3 is 14.4 Å². The quantitative estimate of drug-likeness (QED) is 0.828. The lowest BCUT2D eigenvalue weighted by Crippen LogP contribution is -2.27. The number of ketones is 1. The summed E-state index contributed by atoms with van der Waals surface area (Å²) in [5.41, 5.74) is 1.20. The molecule has 0 fully saturated rings. The molecule has 0 N–H and O–H groups in total. The second-order valence-electron chi connectivity index (χ2n) is 4.71. The zero-order valence-electron chi connectivity index (χ0n) is 11.5. The fourth-order valence-corrected chi connectivity index (χ4v) is 2.39. The highest BCUT2D eigenvalue weighted by molar-refractivity contribution is 6.08. The third kappa shape index (κ3) is 2.16. The van der Waals surface area contributed by atoms with Crippen LogP contribution in [-0.2, 0) is 4.79 Å². The van der Waals surface area contributed by atoms with E-state index >= 15 is 0 Å².